The maximum atomic E-state index is 13.5. The van der Waals surface area contributed by atoms with Crippen LogP contribution in [0.25, 0.3) is 16.6 Å². The van der Waals surface area contributed by atoms with E-state index in [1.165, 1.54) is 10.9 Å². The van der Waals surface area contributed by atoms with Crippen LogP contribution in [0.15, 0.2) is 30.5 Å². The minimum absolute atomic E-state index is 0.104. The predicted molar refractivity (Wildman–Crippen MR) is 70.0 cm³/mol. The van der Waals surface area contributed by atoms with Crippen molar-refractivity contribution in [3.05, 3.63) is 47.7 Å². The summed E-state index contributed by atoms with van der Waals surface area (Å²) >= 11 is 0. The highest BCUT2D eigenvalue weighted by atomic mass is 19.1. The average Bonchev–Trinajstić information content (AvgIpc) is 2.70. The Bertz CT molecular complexity index is 780. The summed E-state index contributed by atoms with van der Waals surface area (Å²) in [6.45, 7) is 3.48. The van der Waals surface area contributed by atoms with Gasteiger partial charge in [-0.15, -0.1) is 0 Å². The fraction of sp³-hybridized carbons (Fsp3) is 0.143. The fourth-order valence-corrected chi connectivity index (χ4v) is 2.15. The van der Waals surface area contributed by atoms with E-state index >= 15 is 0 Å². The molecule has 0 unspecified atom stereocenters. The van der Waals surface area contributed by atoms with Gasteiger partial charge in [-0.2, -0.15) is 5.10 Å². The van der Waals surface area contributed by atoms with Crippen molar-refractivity contribution in [1.82, 2.24) is 14.8 Å². The summed E-state index contributed by atoms with van der Waals surface area (Å²) < 4.78 is 15.0. The highest BCUT2D eigenvalue weighted by Gasteiger charge is 2.13. The van der Waals surface area contributed by atoms with Gasteiger partial charge in [-0.05, 0) is 26.0 Å². The third-order valence-corrected chi connectivity index (χ3v) is 3.10. The lowest BCUT2D eigenvalue weighted by Gasteiger charge is -2.10. The fourth-order valence-electron chi connectivity index (χ4n) is 2.15. The molecule has 96 valence electrons. The van der Waals surface area contributed by atoms with Gasteiger partial charge in [0.05, 0.1) is 17.6 Å². The molecule has 2 heterocycles. The SMILES string of the molecule is Cc1cc(-n2ncc(F)c2C)c2cccc(O)c2n1. The zero-order valence-electron chi connectivity index (χ0n) is 10.6. The second-order valence-corrected chi connectivity index (χ2v) is 4.45. The van der Waals surface area contributed by atoms with Crippen LogP contribution in [-0.2, 0) is 0 Å². The monoisotopic (exact) mass is 257 g/mol. The molecule has 5 heteroatoms. The van der Waals surface area contributed by atoms with Crippen molar-refractivity contribution in [2.45, 2.75) is 13.8 Å². The van der Waals surface area contributed by atoms with Gasteiger partial charge >= 0.3 is 0 Å². The van der Waals surface area contributed by atoms with Crippen LogP contribution in [0.1, 0.15) is 11.4 Å². The number of phenols is 1. The normalized spacial score (nSPS) is 11.1. The number of halogens is 1. The molecular formula is C14H12FN3O. The summed E-state index contributed by atoms with van der Waals surface area (Å²) in [6, 6.07) is 6.96. The van der Waals surface area contributed by atoms with Gasteiger partial charge in [-0.25, -0.2) is 14.1 Å². The van der Waals surface area contributed by atoms with Gasteiger partial charge in [0, 0.05) is 11.1 Å². The molecule has 0 bridgehead atoms. The number of aromatic nitrogens is 3. The zero-order valence-corrected chi connectivity index (χ0v) is 10.6. The zero-order chi connectivity index (χ0) is 13.6. The molecule has 0 radical (unpaired) electrons. The number of benzene rings is 1. The maximum absolute atomic E-state index is 13.5. The van der Waals surface area contributed by atoms with Crippen molar-refractivity contribution in [2.75, 3.05) is 0 Å². The van der Waals surface area contributed by atoms with Gasteiger partial charge in [0.25, 0.3) is 0 Å². The van der Waals surface area contributed by atoms with Crippen molar-refractivity contribution in [3.63, 3.8) is 0 Å². The molecule has 0 amide bonds. The summed E-state index contributed by atoms with van der Waals surface area (Å²) in [5.41, 5.74) is 2.36. The largest absolute Gasteiger partial charge is 0.506 e. The molecule has 0 aliphatic rings. The third kappa shape index (κ3) is 1.74. The first kappa shape index (κ1) is 11.6. The quantitative estimate of drug-likeness (QED) is 0.729. The Morgan fingerprint density at radius 1 is 1.26 bits per heavy atom. The van der Waals surface area contributed by atoms with Crippen molar-refractivity contribution < 1.29 is 9.50 Å². The third-order valence-electron chi connectivity index (χ3n) is 3.10. The van der Waals surface area contributed by atoms with E-state index in [2.05, 4.69) is 10.1 Å². The maximum Gasteiger partial charge on any atom is 0.164 e. The first-order chi connectivity index (χ1) is 9.08. The van der Waals surface area contributed by atoms with Gasteiger partial charge < -0.3 is 5.11 Å². The van der Waals surface area contributed by atoms with Gasteiger partial charge in [0.15, 0.2) is 5.82 Å². The van der Waals surface area contributed by atoms with Crippen molar-refractivity contribution in [3.8, 4) is 11.4 Å². The minimum atomic E-state index is -0.359. The molecule has 4 nitrogen and oxygen atoms in total. The lowest BCUT2D eigenvalue weighted by atomic mass is 10.1. The molecule has 0 aliphatic heterocycles. The topological polar surface area (TPSA) is 50.9 Å². The molecule has 19 heavy (non-hydrogen) atoms. The van der Waals surface area contributed by atoms with E-state index in [0.717, 1.165) is 11.1 Å². The lowest BCUT2D eigenvalue weighted by molar-refractivity contribution is 0.480. The summed E-state index contributed by atoms with van der Waals surface area (Å²) in [6.07, 6.45) is 1.18. The average molecular weight is 257 g/mol. The number of para-hydroxylation sites is 1. The Labute approximate surface area is 109 Å². The number of pyridine rings is 1. The molecule has 3 rings (SSSR count). The van der Waals surface area contributed by atoms with E-state index in [-0.39, 0.29) is 11.6 Å². The smallest absolute Gasteiger partial charge is 0.164 e. The van der Waals surface area contributed by atoms with Crippen molar-refractivity contribution in [1.29, 1.82) is 0 Å². The van der Waals surface area contributed by atoms with E-state index in [4.69, 9.17) is 0 Å². The number of aromatic hydroxyl groups is 1. The van der Waals surface area contributed by atoms with Crippen LogP contribution >= 0.6 is 0 Å². The van der Waals surface area contributed by atoms with Crippen LogP contribution in [-0.4, -0.2) is 19.9 Å². The Hall–Kier alpha value is -2.43. The highest BCUT2D eigenvalue weighted by molar-refractivity contribution is 5.91. The molecule has 0 saturated heterocycles. The summed E-state index contributed by atoms with van der Waals surface area (Å²) in [4.78, 5) is 4.31. The second kappa shape index (κ2) is 4.05. The van der Waals surface area contributed by atoms with Crippen LogP contribution in [0.5, 0.6) is 5.75 Å². The molecule has 0 fully saturated rings. The number of fused-ring (bicyclic) bond motifs is 1. The standard InChI is InChI=1S/C14H12FN3O/c1-8-6-12(18-9(2)11(15)7-16-18)10-4-3-5-13(19)14(10)17-8/h3-7,19H,1-2H3. The molecule has 1 aromatic carbocycles. The Balaban J connectivity index is 2.41. The van der Waals surface area contributed by atoms with Crippen LogP contribution in [0.4, 0.5) is 4.39 Å². The Kier molecular flexibility index (Phi) is 2.48. The molecule has 1 N–H and O–H groups in total. The molecule has 3 aromatic rings. The molecular weight excluding hydrogens is 245 g/mol. The first-order valence-electron chi connectivity index (χ1n) is 5.88. The minimum Gasteiger partial charge on any atom is -0.506 e. The molecule has 2 aromatic heterocycles. The van der Waals surface area contributed by atoms with Gasteiger partial charge in [0.1, 0.15) is 11.3 Å². The van der Waals surface area contributed by atoms with E-state index in [9.17, 15) is 9.50 Å². The van der Waals surface area contributed by atoms with E-state index in [1.54, 1.807) is 19.1 Å². The first-order valence-corrected chi connectivity index (χ1v) is 5.88. The number of aryl methyl sites for hydroxylation is 1. The summed E-state index contributed by atoms with van der Waals surface area (Å²) in [5, 5.41) is 14.6. The number of rotatable bonds is 1. The highest BCUT2D eigenvalue weighted by Crippen LogP contribution is 2.28. The number of phenolic OH excluding ortho intramolecular Hbond substituents is 1. The van der Waals surface area contributed by atoms with Crippen LogP contribution in [0, 0.1) is 19.7 Å². The van der Waals surface area contributed by atoms with Gasteiger partial charge in [0.2, 0.25) is 0 Å². The number of hydrogen-bond acceptors (Lipinski definition) is 3. The van der Waals surface area contributed by atoms with E-state index in [0.29, 0.717) is 16.9 Å². The Morgan fingerprint density at radius 3 is 2.74 bits per heavy atom. The summed E-state index contributed by atoms with van der Waals surface area (Å²) in [5.74, 6) is -0.254. The molecule has 0 atom stereocenters. The van der Waals surface area contributed by atoms with Crippen LogP contribution in [0.3, 0.4) is 0 Å². The lowest BCUT2D eigenvalue weighted by Crippen LogP contribution is -2.02. The Morgan fingerprint density at radius 2 is 2.05 bits per heavy atom. The van der Waals surface area contributed by atoms with Crippen LogP contribution < -0.4 is 0 Å². The predicted octanol–water partition coefficient (Wildman–Crippen LogP) is 2.88. The van der Waals surface area contributed by atoms with Crippen LogP contribution in [0.2, 0.25) is 0 Å². The van der Waals surface area contributed by atoms with Gasteiger partial charge in [-0.1, -0.05) is 12.1 Å². The summed E-state index contributed by atoms with van der Waals surface area (Å²) in [7, 11) is 0. The van der Waals surface area contributed by atoms with E-state index < -0.39 is 0 Å². The molecule has 0 aliphatic carbocycles. The van der Waals surface area contributed by atoms with Crippen molar-refractivity contribution in [2.24, 2.45) is 0 Å². The van der Waals surface area contributed by atoms with Gasteiger partial charge in [-0.3, -0.25) is 0 Å². The number of hydrogen-bond donors (Lipinski definition) is 1. The van der Waals surface area contributed by atoms with E-state index in [1.807, 2.05) is 19.1 Å². The number of nitrogens with zero attached hydrogens (tertiary/aromatic N) is 3. The molecule has 0 saturated carbocycles. The molecule has 0 spiro atoms. The van der Waals surface area contributed by atoms with Crippen molar-refractivity contribution >= 4 is 10.9 Å². The second-order valence-electron chi connectivity index (χ2n) is 4.45.